The number of halogens is 1. The molecule has 8 nitrogen and oxygen atoms in total. The Kier molecular flexibility index (Phi) is 5.82. The van der Waals surface area contributed by atoms with Gasteiger partial charge in [-0.2, -0.15) is 5.10 Å². The summed E-state index contributed by atoms with van der Waals surface area (Å²) in [5, 5.41) is 17.9. The summed E-state index contributed by atoms with van der Waals surface area (Å²) in [6.07, 6.45) is 8.03. The average molecular weight is 434 g/mol. The van der Waals surface area contributed by atoms with Crippen LogP contribution in [0, 0.1) is 15.5 Å². The van der Waals surface area contributed by atoms with Crippen molar-refractivity contribution in [1.82, 2.24) is 20.0 Å². The molecule has 1 saturated heterocycles. The highest BCUT2D eigenvalue weighted by Gasteiger charge is 2.43. The molecule has 128 valence electrons. The van der Waals surface area contributed by atoms with Gasteiger partial charge in [0.25, 0.3) is 0 Å². The third-order valence-electron chi connectivity index (χ3n) is 4.82. The number of nitro groups is 1. The minimum Gasteiger partial charge on any atom is -0.354 e. The Morgan fingerprint density at radius 1 is 1.52 bits per heavy atom. The molecule has 0 aromatic carbocycles. The lowest BCUT2D eigenvalue weighted by molar-refractivity contribution is -0.385. The Labute approximate surface area is 152 Å². The molecule has 2 aliphatic rings. The van der Waals surface area contributed by atoms with Crippen LogP contribution in [-0.2, 0) is 6.54 Å². The maximum Gasteiger partial charge on any atom is 0.306 e. The van der Waals surface area contributed by atoms with Gasteiger partial charge in [0.2, 0.25) is 0 Å². The van der Waals surface area contributed by atoms with Crippen LogP contribution in [0.2, 0.25) is 0 Å². The number of nitrogens with one attached hydrogen (secondary N) is 1. The Bertz CT molecular complexity index is 584. The molecule has 2 heterocycles. The highest BCUT2D eigenvalue weighted by molar-refractivity contribution is 14.0. The maximum absolute atomic E-state index is 10.6. The van der Waals surface area contributed by atoms with Gasteiger partial charge in [-0.1, -0.05) is 6.42 Å². The number of guanidine groups is 1. The molecule has 2 fully saturated rings. The van der Waals surface area contributed by atoms with Gasteiger partial charge in [0, 0.05) is 26.7 Å². The highest BCUT2D eigenvalue weighted by Crippen LogP contribution is 2.47. The average Bonchev–Trinajstić information content (AvgIpc) is 3.10. The van der Waals surface area contributed by atoms with Gasteiger partial charge in [-0.3, -0.25) is 19.8 Å². The van der Waals surface area contributed by atoms with Crippen LogP contribution < -0.4 is 5.32 Å². The highest BCUT2D eigenvalue weighted by atomic mass is 127. The first-order valence-corrected chi connectivity index (χ1v) is 7.74. The molecular weight excluding hydrogens is 411 g/mol. The van der Waals surface area contributed by atoms with Crippen molar-refractivity contribution in [3.63, 3.8) is 0 Å². The van der Waals surface area contributed by atoms with Gasteiger partial charge >= 0.3 is 5.69 Å². The fourth-order valence-electron chi connectivity index (χ4n) is 3.38. The first-order chi connectivity index (χ1) is 10.6. The summed E-state index contributed by atoms with van der Waals surface area (Å²) in [5.74, 6) is 0.922. The van der Waals surface area contributed by atoms with E-state index >= 15 is 0 Å². The molecule has 1 aliphatic carbocycles. The van der Waals surface area contributed by atoms with Gasteiger partial charge in [-0.25, -0.2) is 0 Å². The normalized spacial score (nSPS) is 19.3. The van der Waals surface area contributed by atoms with Gasteiger partial charge < -0.3 is 10.2 Å². The molecule has 1 saturated carbocycles. The van der Waals surface area contributed by atoms with Crippen molar-refractivity contribution >= 4 is 35.6 Å². The van der Waals surface area contributed by atoms with E-state index in [4.69, 9.17) is 0 Å². The van der Waals surface area contributed by atoms with Crippen molar-refractivity contribution in [3.8, 4) is 0 Å². The second kappa shape index (κ2) is 7.45. The molecule has 1 N–H and O–H groups in total. The van der Waals surface area contributed by atoms with Crippen LogP contribution in [0.25, 0.3) is 0 Å². The van der Waals surface area contributed by atoms with E-state index in [1.54, 1.807) is 11.7 Å². The van der Waals surface area contributed by atoms with Crippen molar-refractivity contribution in [2.45, 2.75) is 32.2 Å². The summed E-state index contributed by atoms with van der Waals surface area (Å²) in [4.78, 5) is 16.9. The van der Waals surface area contributed by atoms with Gasteiger partial charge in [-0.05, 0) is 24.7 Å². The zero-order valence-corrected chi connectivity index (χ0v) is 15.6. The van der Waals surface area contributed by atoms with E-state index in [0.29, 0.717) is 18.5 Å². The molecule has 0 bridgehead atoms. The second-order valence-corrected chi connectivity index (χ2v) is 6.22. The van der Waals surface area contributed by atoms with Gasteiger partial charge in [0.15, 0.2) is 5.96 Å². The zero-order valence-electron chi connectivity index (χ0n) is 13.3. The molecule has 1 aromatic heterocycles. The topological polar surface area (TPSA) is 88.6 Å². The standard InChI is InChI=1S/C14H22N6O2.HI/c1-15-13(18-7-5-14(11-18)3-2-4-14)16-6-8-19-10-12(9-17-19)20(21)22;/h9-10H,2-8,11H2,1H3,(H,15,16);1H. The monoisotopic (exact) mass is 434 g/mol. The number of aromatic nitrogens is 2. The summed E-state index contributed by atoms with van der Waals surface area (Å²) in [6, 6.07) is 0. The molecule has 0 amide bonds. The van der Waals surface area contributed by atoms with Crippen LogP contribution in [0.3, 0.4) is 0 Å². The Hall–Kier alpha value is -1.39. The minimum atomic E-state index is -0.432. The Morgan fingerprint density at radius 2 is 2.30 bits per heavy atom. The van der Waals surface area contributed by atoms with Crippen LogP contribution in [0.5, 0.6) is 0 Å². The first kappa shape index (κ1) is 18.0. The van der Waals surface area contributed by atoms with E-state index in [2.05, 4.69) is 20.3 Å². The molecule has 0 unspecified atom stereocenters. The first-order valence-electron chi connectivity index (χ1n) is 7.74. The summed E-state index contributed by atoms with van der Waals surface area (Å²) < 4.78 is 1.58. The predicted octanol–water partition coefficient (Wildman–Crippen LogP) is 1.86. The van der Waals surface area contributed by atoms with Crippen molar-refractivity contribution in [3.05, 3.63) is 22.5 Å². The van der Waals surface area contributed by atoms with Gasteiger partial charge in [-0.15, -0.1) is 24.0 Å². The van der Waals surface area contributed by atoms with E-state index in [1.165, 1.54) is 38.1 Å². The van der Waals surface area contributed by atoms with Crippen LogP contribution in [0.4, 0.5) is 5.69 Å². The minimum absolute atomic E-state index is 0. The van der Waals surface area contributed by atoms with E-state index in [0.717, 1.165) is 19.0 Å². The van der Waals surface area contributed by atoms with Crippen molar-refractivity contribution in [2.24, 2.45) is 10.4 Å². The molecule has 1 spiro atoms. The molecule has 0 atom stereocenters. The second-order valence-electron chi connectivity index (χ2n) is 6.22. The number of hydrogen-bond donors (Lipinski definition) is 1. The quantitative estimate of drug-likeness (QED) is 0.257. The molecule has 0 radical (unpaired) electrons. The molecule has 1 aromatic rings. The molecule has 9 heteroatoms. The summed E-state index contributed by atoms with van der Waals surface area (Å²) in [6.45, 7) is 3.38. The summed E-state index contributed by atoms with van der Waals surface area (Å²) >= 11 is 0. The lowest BCUT2D eigenvalue weighted by Crippen LogP contribution is -2.43. The van der Waals surface area contributed by atoms with Crippen molar-refractivity contribution < 1.29 is 4.92 Å². The molecule has 23 heavy (non-hydrogen) atoms. The lowest BCUT2D eigenvalue weighted by atomic mass is 9.68. The molecular formula is C14H23IN6O2. The van der Waals surface area contributed by atoms with Crippen LogP contribution in [0.15, 0.2) is 17.4 Å². The molecule has 1 aliphatic heterocycles. The molecule has 3 rings (SSSR count). The number of likely N-dealkylation sites (tertiary alicyclic amines) is 1. The SMILES string of the molecule is CN=C(NCCn1cc([N+](=O)[O-])cn1)N1CCC2(CCC2)C1.I. The van der Waals surface area contributed by atoms with Crippen molar-refractivity contribution in [2.75, 3.05) is 26.7 Å². The Morgan fingerprint density at radius 3 is 2.83 bits per heavy atom. The third kappa shape index (κ3) is 3.93. The zero-order chi connectivity index (χ0) is 15.6. The third-order valence-corrected chi connectivity index (χ3v) is 4.82. The number of aliphatic imine (C=N–C) groups is 1. The van der Waals surface area contributed by atoms with E-state index in [-0.39, 0.29) is 29.7 Å². The van der Waals surface area contributed by atoms with Gasteiger partial charge in [0.05, 0.1) is 11.5 Å². The number of hydrogen-bond acceptors (Lipinski definition) is 4. The predicted molar refractivity (Wildman–Crippen MR) is 98.1 cm³/mol. The van der Waals surface area contributed by atoms with E-state index in [9.17, 15) is 10.1 Å². The lowest BCUT2D eigenvalue weighted by Gasteiger charge is -2.38. The van der Waals surface area contributed by atoms with Gasteiger partial charge in [0.1, 0.15) is 12.4 Å². The van der Waals surface area contributed by atoms with E-state index in [1.807, 2.05) is 0 Å². The van der Waals surface area contributed by atoms with Crippen LogP contribution in [-0.4, -0.2) is 52.2 Å². The largest absolute Gasteiger partial charge is 0.354 e. The summed E-state index contributed by atoms with van der Waals surface area (Å²) in [5.41, 5.74) is 0.566. The number of nitrogens with zero attached hydrogens (tertiary/aromatic N) is 5. The van der Waals surface area contributed by atoms with Crippen molar-refractivity contribution in [1.29, 1.82) is 0 Å². The fourth-order valence-corrected chi connectivity index (χ4v) is 3.38. The maximum atomic E-state index is 10.6. The smallest absolute Gasteiger partial charge is 0.306 e. The van der Waals surface area contributed by atoms with Crippen LogP contribution in [0.1, 0.15) is 25.7 Å². The Balaban J connectivity index is 0.00000192. The fraction of sp³-hybridized carbons (Fsp3) is 0.714. The number of rotatable bonds is 4. The summed E-state index contributed by atoms with van der Waals surface area (Å²) in [7, 11) is 1.80. The van der Waals surface area contributed by atoms with E-state index < -0.39 is 4.92 Å². The van der Waals surface area contributed by atoms with Crippen LogP contribution >= 0.6 is 24.0 Å².